The predicted molar refractivity (Wildman–Crippen MR) is 102 cm³/mol. The SMILES string of the molecule is CCOC(=O)c1nnn(Cc2ccc(C)cc2)c1Sc1ccc(Cl)cc1. The van der Waals surface area contributed by atoms with Crippen molar-refractivity contribution in [2.75, 3.05) is 6.61 Å². The molecular formula is C19H18ClN3O2S. The van der Waals surface area contributed by atoms with Crippen LogP contribution in [-0.4, -0.2) is 27.6 Å². The van der Waals surface area contributed by atoms with Gasteiger partial charge in [-0.3, -0.25) is 0 Å². The molecule has 0 saturated heterocycles. The van der Waals surface area contributed by atoms with Crippen LogP contribution in [0, 0.1) is 6.92 Å². The summed E-state index contributed by atoms with van der Waals surface area (Å²) >= 11 is 7.37. The summed E-state index contributed by atoms with van der Waals surface area (Å²) in [7, 11) is 0. The van der Waals surface area contributed by atoms with E-state index in [0.29, 0.717) is 16.6 Å². The Morgan fingerprint density at radius 1 is 1.15 bits per heavy atom. The highest BCUT2D eigenvalue weighted by Crippen LogP contribution is 2.31. The summed E-state index contributed by atoms with van der Waals surface area (Å²) in [5.41, 5.74) is 2.49. The standard InChI is InChI=1S/C19H18ClN3O2S/c1-3-25-19(24)17-18(26-16-10-8-15(20)9-11-16)23(22-21-17)12-14-6-4-13(2)5-7-14/h4-11H,3,12H2,1-2H3. The number of nitrogens with zero attached hydrogens (tertiary/aromatic N) is 3. The summed E-state index contributed by atoms with van der Waals surface area (Å²) < 4.78 is 6.83. The molecule has 0 aliphatic carbocycles. The van der Waals surface area contributed by atoms with Gasteiger partial charge < -0.3 is 4.74 Å². The Bertz CT molecular complexity index is 892. The molecule has 0 unspecified atom stereocenters. The van der Waals surface area contributed by atoms with Gasteiger partial charge in [0, 0.05) is 9.92 Å². The van der Waals surface area contributed by atoms with Crippen LogP contribution in [0.1, 0.15) is 28.5 Å². The quantitative estimate of drug-likeness (QED) is 0.578. The van der Waals surface area contributed by atoms with Crippen LogP contribution >= 0.6 is 23.4 Å². The molecule has 3 aromatic rings. The summed E-state index contributed by atoms with van der Waals surface area (Å²) in [5, 5.41) is 9.53. The highest BCUT2D eigenvalue weighted by molar-refractivity contribution is 7.99. The van der Waals surface area contributed by atoms with Crippen LogP contribution in [0.5, 0.6) is 0 Å². The van der Waals surface area contributed by atoms with Crippen molar-refractivity contribution in [3.8, 4) is 0 Å². The van der Waals surface area contributed by atoms with Gasteiger partial charge in [0.25, 0.3) is 0 Å². The minimum Gasteiger partial charge on any atom is -0.461 e. The molecule has 134 valence electrons. The molecule has 26 heavy (non-hydrogen) atoms. The highest BCUT2D eigenvalue weighted by Gasteiger charge is 2.22. The lowest BCUT2D eigenvalue weighted by atomic mass is 10.1. The molecule has 0 radical (unpaired) electrons. The van der Waals surface area contributed by atoms with Crippen LogP contribution < -0.4 is 0 Å². The van der Waals surface area contributed by atoms with E-state index >= 15 is 0 Å². The Morgan fingerprint density at radius 3 is 2.50 bits per heavy atom. The zero-order chi connectivity index (χ0) is 18.5. The van der Waals surface area contributed by atoms with Crippen LogP contribution in [0.2, 0.25) is 5.02 Å². The normalized spacial score (nSPS) is 10.7. The van der Waals surface area contributed by atoms with Gasteiger partial charge in [0.05, 0.1) is 13.2 Å². The molecule has 0 spiro atoms. The van der Waals surface area contributed by atoms with Gasteiger partial charge in [0.2, 0.25) is 5.69 Å². The van der Waals surface area contributed by atoms with Crippen LogP contribution in [-0.2, 0) is 11.3 Å². The molecule has 0 saturated carbocycles. The van der Waals surface area contributed by atoms with E-state index in [0.717, 1.165) is 10.5 Å². The molecule has 0 amide bonds. The summed E-state index contributed by atoms with van der Waals surface area (Å²) in [4.78, 5) is 13.2. The van der Waals surface area contributed by atoms with Crippen molar-refractivity contribution in [1.29, 1.82) is 0 Å². The lowest BCUT2D eigenvalue weighted by Gasteiger charge is -2.08. The van der Waals surface area contributed by atoms with Gasteiger partial charge in [0.1, 0.15) is 5.03 Å². The second-order valence-corrected chi connectivity index (χ2v) is 7.16. The lowest BCUT2D eigenvalue weighted by molar-refractivity contribution is 0.0515. The summed E-state index contributed by atoms with van der Waals surface area (Å²) in [6.07, 6.45) is 0. The van der Waals surface area contributed by atoms with E-state index in [2.05, 4.69) is 10.3 Å². The van der Waals surface area contributed by atoms with Crippen molar-refractivity contribution in [1.82, 2.24) is 15.0 Å². The van der Waals surface area contributed by atoms with E-state index in [4.69, 9.17) is 16.3 Å². The number of halogens is 1. The van der Waals surface area contributed by atoms with Crippen LogP contribution in [0.25, 0.3) is 0 Å². The Balaban J connectivity index is 1.93. The number of hydrogen-bond donors (Lipinski definition) is 0. The van der Waals surface area contributed by atoms with E-state index in [-0.39, 0.29) is 12.3 Å². The van der Waals surface area contributed by atoms with E-state index in [9.17, 15) is 4.79 Å². The second kappa shape index (κ2) is 8.38. The second-order valence-electron chi connectivity index (χ2n) is 5.66. The first-order valence-corrected chi connectivity index (χ1v) is 9.36. The van der Waals surface area contributed by atoms with Crippen molar-refractivity contribution in [2.24, 2.45) is 0 Å². The molecule has 7 heteroatoms. The monoisotopic (exact) mass is 387 g/mol. The van der Waals surface area contributed by atoms with Crippen LogP contribution in [0.15, 0.2) is 58.5 Å². The largest absolute Gasteiger partial charge is 0.461 e. The van der Waals surface area contributed by atoms with Crippen molar-refractivity contribution in [3.63, 3.8) is 0 Å². The third kappa shape index (κ3) is 4.45. The zero-order valence-electron chi connectivity index (χ0n) is 14.5. The van der Waals surface area contributed by atoms with E-state index < -0.39 is 5.97 Å². The maximum atomic E-state index is 12.2. The average Bonchev–Trinajstić information content (AvgIpc) is 3.01. The lowest BCUT2D eigenvalue weighted by Crippen LogP contribution is -2.08. The van der Waals surface area contributed by atoms with E-state index in [1.165, 1.54) is 17.3 Å². The number of ether oxygens (including phenoxy) is 1. The average molecular weight is 388 g/mol. The summed E-state index contributed by atoms with van der Waals surface area (Å²) in [5.74, 6) is -0.473. The topological polar surface area (TPSA) is 57.0 Å². The Morgan fingerprint density at radius 2 is 1.85 bits per heavy atom. The van der Waals surface area contributed by atoms with E-state index in [1.807, 2.05) is 55.5 Å². The molecule has 1 aromatic heterocycles. The van der Waals surface area contributed by atoms with Gasteiger partial charge in [-0.05, 0) is 43.7 Å². The Labute approximate surface area is 161 Å². The number of esters is 1. The van der Waals surface area contributed by atoms with Crippen molar-refractivity contribution in [3.05, 3.63) is 70.4 Å². The van der Waals surface area contributed by atoms with Crippen molar-refractivity contribution in [2.45, 2.75) is 30.3 Å². The fourth-order valence-corrected chi connectivity index (χ4v) is 3.37. The zero-order valence-corrected chi connectivity index (χ0v) is 16.0. The molecule has 1 heterocycles. The number of aromatic nitrogens is 3. The Hall–Kier alpha value is -2.31. The van der Waals surface area contributed by atoms with Gasteiger partial charge >= 0.3 is 5.97 Å². The van der Waals surface area contributed by atoms with Crippen LogP contribution in [0.4, 0.5) is 0 Å². The molecule has 0 fully saturated rings. The van der Waals surface area contributed by atoms with Crippen molar-refractivity contribution >= 4 is 29.3 Å². The predicted octanol–water partition coefficient (Wildman–Crippen LogP) is 4.62. The minimum absolute atomic E-state index is 0.221. The maximum absolute atomic E-state index is 12.2. The van der Waals surface area contributed by atoms with Gasteiger partial charge in [-0.2, -0.15) is 0 Å². The first-order valence-electron chi connectivity index (χ1n) is 8.16. The molecule has 3 rings (SSSR count). The van der Waals surface area contributed by atoms with Gasteiger partial charge in [0.15, 0.2) is 0 Å². The van der Waals surface area contributed by atoms with Crippen molar-refractivity contribution < 1.29 is 9.53 Å². The third-order valence-corrected chi connectivity index (χ3v) is 5.00. The number of carbonyl (C=O) groups is 1. The number of carbonyl (C=O) groups excluding carboxylic acids is 1. The fourth-order valence-electron chi connectivity index (χ4n) is 2.32. The highest BCUT2D eigenvalue weighted by atomic mass is 35.5. The first-order chi connectivity index (χ1) is 12.6. The summed E-state index contributed by atoms with van der Waals surface area (Å²) in [6, 6.07) is 15.6. The molecule has 2 aromatic carbocycles. The summed E-state index contributed by atoms with van der Waals surface area (Å²) in [6.45, 7) is 4.61. The number of rotatable bonds is 6. The molecule has 5 nitrogen and oxygen atoms in total. The molecule has 0 aliphatic rings. The minimum atomic E-state index is -0.473. The first kappa shape index (κ1) is 18.5. The van der Waals surface area contributed by atoms with Gasteiger partial charge in [-0.15, -0.1) is 5.10 Å². The fraction of sp³-hybridized carbons (Fsp3) is 0.211. The molecule has 0 atom stereocenters. The van der Waals surface area contributed by atoms with Gasteiger partial charge in [-0.1, -0.05) is 58.4 Å². The number of hydrogen-bond acceptors (Lipinski definition) is 5. The Kier molecular flexibility index (Phi) is 5.96. The van der Waals surface area contributed by atoms with Crippen LogP contribution in [0.3, 0.4) is 0 Å². The molecule has 0 N–H and O–H groups in total. The number of aryl methyl sites for hydroxylation is 1. The van der Waals surface area contributed by atoms with Gasteiger partial charge in [-0.25, -0.2) is 9.48 Å². The molecule has 0 bridgehead atoms. The number of benzene rings is 2. The van der Waals surface area contributed by atoms with E-state index in [1.54, 1.807) is 11.6 Å². The molecule has 0 aliphatic heterocycles. The third-order valence-electron chi connectivity index (χ3n) is 3.64. The molecular weight excluding hydrogens is 370 g/mol. The smallest absolute Gasteiger partial charge is 0.361 e. The maximum Gasteiger partial charge on any atom is 0.361 e.